The van der Waals surface area contributed by atoms with Gasteiger partial charge >= 0.3 is 5.97 Å². The maximum Gasteiger partial charge on any atom is 0.303 e. The molecule has 0 unspecified atom stereocenters. The number of para-hydroxylation sites is 1. The predicted octanol–water partition coefficient (Wildman–Crippen LogP) is 5.10. The Hall–Kier alpha value is -3.41. The van der Waals surface area contributed by atoms with E-state index in [9.17, 15) is 4.79 Å². The van der Waals surface area contributed by atoms with Gasteiger partial charge in [-0.15, -0.1) is 0 Å². The van der Waals surface area contributed by atoms with Crippen molar-refractivity contribution < 1.29 is 14.3 Å². The first kappa shape index (κ1) is 18.0. The number of unbranched alkanes of at least 4 members (excludes halogenated alkanes) is 2. The molecular weight excluding hydrogens is 354 g/mol. The molecule has 2 N–H and O–H groups in total. The number of fused-ring (bicyclic) bond motifs is 3. The molecule has 0 saturated heterocycles. The maximum absolute atomic E-state index is 10.6. The highest BCUT2D eigenvalue weighted by atomic mass is 16.4. The molecule has 0 atom stereocenters. The molecule has 0 aliphatic rings. The Morgan fingerprint density at radius 3 is 2.57 bits per heavy atom. The second-order valence-corrected chi connectivity index (χ2v) is 6.67. The van der Waals surface area contributed by atoms with Gasteiger partial charge in [0.15, 0.2) is 17.2 Å². The molecule has 0 bridgehead atoms. The molecule has 0 radical (unpaired) electrons. The van der Waals surface area contributed by atoms with Gasteiger partial charge in [-0.25, -0.2) is 9.97 Å². The van der Waals surface area contributed by atoms with E-state index in [1.54, 1.807) is 0 Å². The van der Waals surface area contributed by atoms with Crippen molar-refractivity contribution in [3.63, 3.8) is 0 Å². The van der Waals surface area contributed by atoms with Crippen molar-refractivity contribution >= 4 is 33.9 Å². The lowest BCUT2D eigenvalue weighted by molar-refractivity contribution is -0.137. The van der Waals surface area contributed by atoms with Gasteiger partial charge in [0.25, 0.3) is 0 Å². The van der Waals surface area contributed by atoms with Crippen LogP contribution in [-0.4, -0.2) is 27.6 Å². The molecule has 0 aliphatic carbocycles. The van der Waals surface area contributed by atoms with E-state index in [4.69, 9.17) is 19.5 Å². The molecule has 2 aromatic heterocycles. The van der Waals surface area contributed by atoms with E-state index in [1.165, 1.54) is 0 Å². The summed E-state index contributed by atoms with van der Waals surface area (Å²) in [4.78, 5) is 20.1. The predicted molar refractivity (Wildman–Crippen MR) is 109 cm³/mol. The number of aromatic nitrogens is 2. The smallest absolute Gasteiger partial charge is 0.303 e. The van der Waals surface area contributed by atoms with E-state index in [0.29, 0.717) is 30.2 Å². The molecule has 142 valence electrons. The summed E-state index contributed by atoms with van der Waals surface area (Å²) in [6.07, 6.45) is 2.59. The topological polar surface area (TPSA) is 88.2 Å². The van der Waals surface area contributed by atoms with Crippen LogP contribution < -0.4 is 5.32 Å². The number of carbonyl (C=O) groups is 1. The van der Waals surface area contributed by atoms with E-state index in [2.05, 4.69) is 5.32 Å². The lowest BCUT2D eigenvalue weighted by Crippen LogP contribution is -2.05. The average molecular weight is 375 g/mol. The molecule has 28 heavy (non-hydrogen) atoms. The molecule has 0 amide bonds. The summed E-state index contributed by atoms with van der Waals surface area (Å²) in [5, 5.41) is 13.0. The van der Waals surface area contributed by atoms with Gasteiger partial charge in [-0.3, -0.25) is 4.79 Å². The van der Waals surface area contributed by atoms with Gasteiger partial charge in [0.05, 0.1) is 0 Å². The Morgan fingerprint density at radius 1 is 0.964 bits per heavy atom. The van der Waals surface area contributed by atoms with Crippen LogP contribution >= 0.6 is 0 Å². The molecule has 0 spiro atoms. The summed E-state index contributed by atoms with van der Waals surface area (Å²) < 4.78 is 6.02. The molecule has 2 heterocycles. The first-order valence-corrected chi connectivity index (χ1v) is 9.43. The number of carboxylic acid groups (broad SMARTS) is 1. The summed E-state index contributed by atoms with van der Waals surface area (Å²) in [7, 11) is 0. The summed E-state index contributed by atoms with van der Waals surface area (Å²) in [5.41, 5.74) is 3.16. The minimum Gasteiger partial charge on any atom is -0.481 e. The first-order valence-electron chi connectivity index (χ1n) is 9.43. The van der Waals surface area contributed by atoms with Crippen molar-refractivity contribution in [1.29, 1.82) is 0 Å². The highest BCUT2D eigenvalue weighted by Crippen LogP contribution is 2.33. The molecule has 0 saturated carbocycles. The van der Waals surface area contributed by atoms with Crippen LogP contribution in [0.4, 0.5) is 5.82 Å². The normalized spacial score (nSPS) is 11.1. The molecular formula is C22H21N3O3. The zero-order valence-corrected chi connectivity index (χ0v) is 15.4. The van der Waals surface area contributed by atoms with Crippen LogP contribution in [0.1, 0.15) is 25.7 Å². The monoisotopic (exact) mass is 375 g/mol. The molecule has 0 aliphatic heterocycles. The Labute approximate surface area is 162 Å². The van der Waals surface area contributed by atoms with Gasteiger partial charge in [0.1, 0.15) is 11.1 Å². The van der Waals surface area contributed by atoms with Gasteiger partial charge in [-0.05, 0) is 25.0 Å². The fourth-order valence-corrected chi connectivity index (χ4v) is 3.21. The van der Waals surface area contributed by atoms with E-state index in [1.807, 2.05) is 54.6 Å². The fraction of sp³-hybridized carbons (Fsp3) is 0.227. The second-order valence-electron chi connectivity index (χ2n) is 6.67. The van der Waals surface area contributed by atoms with Crippen LogP contribution in [0, 0.1) is 0 Å². The molecule has 6 heteroatoms. The first-order chi connectivity index (χ1) is 13.7. The quantitative estimate of drug-likeness (QED) is 0.417. The number of hydrogen-bond donors (Lipinski definition) is 2. The number of aliphatic carboxylic acids is 1. The minimum atomic E-state index is -0.750. The van der Waals surface area contributed by atoms with Crippen molar-refractivity contribution in [3.8, 4) is 11.4 Å². The second kappa shape index (κ2) is 8.08. The molecule has 6 nitrogen and oxygen atoms in total. The minimum absolute atomic E-state index is 0.208. The standard InChI is InChI=1S/C22H21N3O3/c26-18(27)13-5-2-8-14-23-22-20-19(16-11-6-7-12-17(16)28-20)24-21(25-22)15-9-3-1-4-10-15/h1,3-4,6-7,9-12H,2,5,8,13-14H2,(H,26,27)(H,23,24,25). The number of rotatable bonds is 8. The van der Waals surface area contributed by atoms with Crippen LogP contribution in [0.3, 0.4) is 0 Å². The Morgan fingerprint density at radius 2 is 1.75 bits per heavy atom. The van der Waals surface area contributed by atoms with Gasteiger partial charge < -0.3 is 14.8 Å². The number of nitrogens with zero attached hydrogens (tertiary/aromatic N) is 2. The molecule has 0 fully saturated rings. The Kier molecular flexibility index (Phi) is 5.19. The zero-order chi connectivity index (χ0) is 19.3. The number of hydrogen-bond acceptors (Lipinski definition) is 5. The summed E-state index contributed by atoms with van der Waals surface area (Å²) in [6, 6.07) is 17.7. The molecule has 2 aromatic carbocycles. The van der Waals surface area contributed by atoms with Crippen LogP contribution in [0.5, 0.6) is 0 Å². The molecule has 4 rings (SSSR count). The third-order valence-electron chi connectivity index (χ3n) is 4.61. The third kappa shape index (κ3) is 3.81. The van der Waals surface area contributed by atoms with E-state index < -0.39 is 5.97 Å². The van der Waals surface area contributed by atoms with Gasteiger partial charge in [-0.2, -0.15) is 0 Å². The van der Waals surface area contributed by atoms with Crippen molar-refractivity contribution in [2.24, 2.45) is 0 Å². The average Bonchev–Trinajstić information content (AvgIpc) is 3.10. The third-order valence-corrected chi connectivity index (χ3v) is 4.61. The molecule has 4 aromatic rings. The highest BCUT2D eigenvalue weighted by Gasteiger charge is 2.16. The lowest BCUT2D eigenvalue weighted by atomic mass is 10.2. The SMILES string of the molecule is O=C(O)CCCCCNc1nc(-c2ccccc2)nc2c1oc1ccccc12. The Bertz CT molecular complexity index is 1110. The van der Waals surface area contributed by atoms with E-state index in [0.717, 1.165) is 34.9 Å². The fourth-order valence-electron chi connectivity index (χ4n) is 3.21. The lowest BCUT2D eigenvalue weighted by Gasteiger charge is -2.08. The van der Waals surface area contributed by atoms with Crippen LogP contribution in [0.2, 0.25) is 0 Å². The van der Waals surface area contributed by atoms with Crippen molar-refractivity contribution in [1.82, 2.24) is 9.97 Å². The number of carboxylic acids is 1. The van der Waals surface area contributed by atoms with Gasteiger partial charge in [0.2, 0.25) is 0 Å². The summed E-state index contributed by atoms with van der Waals surface area (Å²) in [5.74, 6) is 0.562. The number of benzene rings is 2. The summed E-state index contributed by atoms with van der Waals surface area (Å²) in [6.45, 7) is 0.691. The van der Waals surface area contributed by atoms with Gasteiger partial charge in [0, 0.05) is 23.9 Å². The Balaban J connectivity index is 1.64. The van der Waals surface area contributed by atoms with Crippen LogP contribution in [-0.2, 0) is 4.79 Å². The van der Waals surface area contributed by atoms with Crippen molar-refractivity contribution in [2.75, 3.05) is 11.9 Å². The largest absolute Gasteiger partial charge is 0.481 e. The number of furan rings is 1. The number of nitrogens with one attached hydrogen (secondary N) is 1. The summed E-state index contributed by atoms with van der Waals surface area (Å²) >= 11 is 0. The van der Waals surface area contributed by atoms with Gasteiger partial charge in [-0.1, -0.05) is 48.9 Å². The van der Waals surface area contributed by atoms with Crippen molar-refractivity contribution in [2.45, 2.75) is 25.7 Å². The maximum atomic E-state index is 10.6. The zero-order valence-electron chi connectivity index (χ0n) is 15.4. The van der Waals surface area contributed by atoms with Crippen LogP contribution in [0.25, 0.3) is 33.5 Å². The van der Waals surface area contributed by atoms with E-state index >= 15 is 0 Å². The van der Waals surface area contributed by atoms with Crippen molar-refractivity contribution in [3.05, 3.63) is 54.6 Å². The highest BCUT2D eigenvalue weighted by molar-refractivity contribution is 6.06. The van der Waals surface area contributed by atoms with Crippen LogP contribution in [0.15, 0.2) is 59.0 Å². The van der Waals surface area contributed by atoms with E-state index in [-0.39, 0.29) is 6.42 Å². The number of anilines is 1.